The predicted molar refractivity (Wildman–Crippen MR) is 119 cm³/mol. The van der Waals surface area contributed by atoms with Gasteiger partial charge in [-0.25, -0.2) is 0 Å². The summed E-state index contributed by atoms with van der Waals surface area (Å²) < 4.78 is 17.1. The highest BCUT2D eigenvalue weighted by atomic mass is 16.5. The molecule has 4 rings (SSSR count). The molecule has 1 aliphatic rings. The number of rotatable bonds is 7. The fourth-order valence-electron chi connectivity index (χ4n) is 3.95. The predicted octanol–water partition coefficient (Wildman–Crippen LogP) is 3.74. The Morgan fingerprint density at radius 2 is 1.77 bits per heavy atom. The largest absolute Gasteiger partial charge is 0.493 e. The number of hydrogen-bond acceptors (Lipinski definition) is 6. The van der Waals surface area contributed by atoms with Gasteiger partial charge in [-0.1, -0.05) is 12.1 Å². The summed E-state index contributed by atoms with van der Waals surface area (Å²) >= 11 is 0. The Kier molecular flexibility index (Phi) is 6.49. The third-order valence-electron chi connectivity index (χ3n) is 5.55. The first-order valence-electron chi connectivity index (χ1n) is 10.6. The fraction of sp³-hybridized carbons (Fsp3) is 0.360. The molecule has 2 aromatic carbocycles. The second-order valence-corrected chi connectivity index (χ2v) is 7.90. The van der Waals surface area contributed by atoms with Crippen LogP contribution in [0.1, 0.15) is 33.7 Å². The molecule has 0 radical (unpaired) electrons. The third-order valence-corrected chi connectivity index (χ3v) is 5.55. The quantitative estimate of drug-likeness (QED) is 0.428. The van der Waals surface area contributed by atoms with Crippen LogP contribution in [0.3, 0.4) is 0 Å². The number of ether oxygens (including phenoxy) is 2. The molecule has 6 nitrogen and oxygen atoms in total. The van der Waals surface area contributed by atoms with Crippen LogP contribution in [0.4, 0.5) is 0 Å². The zero-order valence-electron chi connectivity index (χ0n) is 18.0. The maximum atomic E-state index is 13.0. The molecule has 2 heterocycles. The lowest BCUT2D eigenvalue weighted by Gasteiger charge is -2.26. The van der Waals surface area contributed by atoms with Crippen LogP contribution in [0.15, 0.2) is 51.7 Å². The second kappa shape index (κ2) is 9.45. The number of morpholine rings is 1. The van der Waals surface area contributed by atoms with E-state index in [1.807, 2.05) is 13.8 Å². The molecule has 0 N–H and O–H groups in total. The van der Waals surface area contributed by atoms with E-state index in [0.717, 1.165) is 56.1 Å². The Morgan fingerprint density at radius 3 is 2.52 bits per heavy atom. The molecule has 0 saturated carbocycles. The first kappa shape index (κ1) is 21.3. The van der Waals surface area contributed by atoms with Crippen molar-refractivity contribution in [1.29, 1.82) is 0 Å². The molecular weight excluding hydrogens is 394 g/mol. The summed E-state index contributed by atoms with van der Waals surface area (Å²) in [5, 5.41) is 0.465. The molecule has 0 unspecified atom stereocenters. The zero-order chi connectivity index (χ0) is 21.8. The van der Waals surface area contributed by atoms with E-state index in [1.54, 1.807) is 36.4 Å². The van der Waals surface area contributed by atoms with Crippen molar-refractivity contribution < 1.29 is 18.7 Å². The average Bonchev–Trinajstić information content (AvgIpc) is 2.78. The second-order valence-electron chi connectivity index (χ2n) is 7.90. The van der Waals surface area contributed by atoms with Gasteiger partial charge in [0, 0.05) is 31.3 Å². The molecule has 1 saturated heterocycles. The van der Waals surface area contributed by atoms with Crippen molar-refractivity contribution in [3.05, 3.63) is 75.1 Å². The van der Waals surface area contributed by atoms with Crippen LogP contribution in [0.25, 0.3) is 11.0 Å². The molecular formula is C25H27NO5. The molecule has 0 aliphatic carbocycles. The maximum Gasteiger partial charge on any atom is 0.228 e. The van der Waals surface area contributed by atoms with Gasteiger partial charge in [0.25, 0.3) is 0 Å². The van der Waals surface area contributed by atoms with E-state index < -0.39 is 0 Å². The minimum absolute atomic E-state index is 0.0432. The number of aryl methyl sites for hydroxylation is 2. The highest BCUT2D eigenvalue weighted by Gasteiger charge is 2.17. The van der Waals surface area contributed by atoms with Crippen molar-refractivity contribution >= 4 is 16.8 Å². The third kappa shape index (κ3) is 4.86. The van der Waals surface area contributed by atoms with Crippen molar-refractivity contribution in [2.45, 2.75) is 20.3 Å². The SMILES string of the molecule is Cc1cc(C(=O)c2cc(=O)c3ccccc3o2)cc(C)c1OCCCN1CCOCC1. The summed E-state index contributed by atoms with van der Waals surface area (Å²) in [7, 11) is 0. The normalized spacial score (nSPS) is 14.6. The number of fused-ring (bicyclic) bond motifs is 1. The monoisotopic (exact) mass is 421 g/mol. The lowest BCUT2D eigenvalue weighted by atomic mass is 10.0. The lowest BCUT2D eigenvalue weighted by molar-refractivity contribution is 0.0357. The molecule has 162 valence electrons. The van der Waals surface area contributed by atoms with Crippen LogP contribution in [0, 0.1) is 13.8 Å². The summed E-state index contributed by atoms with van der Waals surface area (Å²) in [5.74, 6) is 0.535. The van der Waals surface area contributed by atoms with Gasteiger partial charge in [0.05, 0.1) is 25.2 Å². The number of nitrogens with zero attached hydrogens (tertiary/aromatic N) is 1. The van der Waals surface area contributed by atoms with Crippen molar-refractivity contribution in [1.82, 2.24) is 4.90 Å². The standard InChI is InChI=1S/C25H27NO5/c1-17-14-19(24(28)23-16-21(27)20-6-3-4-7-22(20)31-23)15-18(2)25(17)30-11-5-8-26-9-12-29-13-10-26/h3-4,6-7,14-16H,5,8-13H2,1-2H3. The van der Waals surface area contributed by atoms with E-state index in [9.17, 15) is 9.59 Å². The molecule has 0 spiro atoms. The number of ketones is 1. The van der Waals surface area contributed by atoms with Gasteiger partial charge in [0.15, 0.2) is 11.2 Å². The Labute approximate surface area is 181 Å². The minimum Gasteiger partial charge on any atom is -0.493 e. The van der Waals surface area contributed by atoms with Gasteiger partial charge >= 0.3 is 0 Å². The molecule has 1 aromatic heterocycles. The van der Waals surface area contributed by atoms with Gasteiger partial charge in [0.1, 0.15) is 11.3 Å². The Hall–Kier alpha value is -2.96. The van der Waals surface area contributed by atoms with E-state index >= 15 is 0 Å². The summed E-state index contributed by atoms with van der Waals surface area (Å²) in [4.78, 5) is 27.7. The van der Waals surface area contributed by atoms with Gasteiger partial charge in [-0.15, -0.1) is 0 Å². The van der Waals surface area contributed by atoms with E-state index in [1.165, 1.54) is 6.07 Å². The first-order valence-corrected chi connectivity index (χ1v) is 10.6. The maximum absolute atomic E-state index is 13.0. The van der Waals surface area contributed by atoms with Crippen LogP contribution >= 0.6 is 0 Å². The summed E-state index contributed by atoms with van der Waals surface area (Å²) in [6.45, 7) is 9.00. The van der Waals surface area contributed by atoms with E-state index in [4.69, 9.17) is 13.9 Å². The average molecular weight is 421 g/mol. The van der Waals surface area contributed by atoms with Gasteiger partial charge in [-0.2, -0.15) is 0 Å². The Morgan fingerprint density at radius 1 is 1.06 bits per heavy atom. The number of carbonyl (C=O) groups excluding carboxylic acids is 1. The first-order chi connectivity index (χ1) is 15.0. The van der Waals surface area contributed by atoms with Crippen molar-refractivity contribution in [2.75, 3.05) is 39.5 Å². The van der Waals surface area contributed by atoms with Crippen molar-refractivity contribution in [3.63, 3.8) is 0 Å². The number of hydrogen-bond donors (Lipinski definition) is 0. The zero-order valence-corrected chi connectivity index (χ0v) is 18.0. The van der Waals surface area contributed by atoms with Crippen LogP contribution in [0.5, 0.6) is 5.75 Å². The minimum atomic E-state index is -0.312. The highest BCUT2D eigenvalue weighted by Crippen LogP contribution is 2.26. The number of para-hydroxylation sites is 1. The van der Waals surface area contributed by atoms with Gasteiger partial charge in [-0.3, -0.25) is 14.5 Å². The van der Waals surface area contributed by atoms with Gasteiger partial charge in [-0.05, 0) is 55.7 Å². The van der Waals surface area contributed by atoms with E-state index in [-0.39, 0.29) is 17.0 Å². The van der Waals surface area contributed by atoms with Crippen molar-refractivity contribution in [2.24, 2.45) is 0 Å². The molecule has 0 atom stereocenters. The lowest BCUT2D eigenvalue weighted by Crippen LogP contribution is -2.37. The smallest absolute Gasteiger partial charge is 0.228 e. The molecule has 0 amide bonds. The number of carbonyl (C=O) groups is 1. The van der Waals surface area contributed by atoms with Crippen LogP contribution in [-0.2, 0) is 4.74 Å². The fourth-order valence-corrected chi connectivity index (χ4v) is 3.95. The molecule has 3 aromatic rings. The van der Waals surface area contributed by atoms with Crippen LogP contribution in [-0.4, -0.2) is 50.1 Å². The summed E-state index contributed by atoms with van der Waals surface area (Å²) in [6, 6.07) is 11.8. The highest BCUT2D eigenvalue weighted by molar-refractivity contribution is 6.08. The molecule has 0 bridgehead atoms. The Balaban J connectivity index is 1.46. The summed E-state index contributed by atoms with van der Waals surface area (Å²) in [5.41, 5.74) is 2.44. The van der Waals surface area contributed by atoms with E-state index in [0.29, 0.717) is 23.1 Å². The van der Waals surface area contributed by atoms with Gasteiger partial charge < -0.3 is 13.9 Å². The molecule has 1 aliphatic heterocycles. The number of benzene rings is 2. The molecule has 1 fully saturated rings. The molecule has 31 heavy (non-hydrogen) atoms. The van der Waals surface area contributed by atoms with Crippen LogP contribution in [0.2, 0.25) is 0 Å². The van der Waals surface area contributed by atoms with Crippen molar-refractivity contribution in [3.8, 4) is 5.75 Å². The Bertz CT molecular complexity index is 1120. The topological polar surface area (TPSA) is 69.0 Å². The van der Waals surface area contributed by atoms with Gasteiger partial charge in [0.2, 0.25) is 5.78 Å². The molecule has 6 heteroatoms. The van der Waals surface area contributed by atoms with E-state index in [2.05, 4.69) is 4.90 Å². The summed E-state index contributed by atoms with van der Waals surface area (Å²) in [6.07, 6.45) is 0.932. The van der Waals surface area contributed by atoms with Crippen LogP contribution < -0.4 is 10.2 Å².